The molecular weight excluding hydrogens is 380 g/mol. The zero-order valence-electron chi connectivity index (χ0n) is 15.4. The molecular formula is C20H21F2N5O2. The van der Waals surface area contributed by atoms with Gasteiger partial charge in [0.25, 0.3) is 0 Å². The number of hydrogen-bond donors (Lipinski definition) is 5. The van der Waals surface area contributed by atoms with E-state index in [2.05, 4.69) is 25.8 Å². The van der Waals surface area contributed by atoms with Crippen LogP contribution >= 0.6 is 0 Å². The maximum absolute atomic E-state index is 13.4. The predicted octanol–water partition coefficient (Wildman–Crippen LogP) is 2.00. The fourth-order valence-electron chi connectivity index (χ4n) is 3.40. The number of nitrogens with one attached hydrogen (secondary N) is 3. The molecule has 0 saturated carbocycles. The molecule has 2 unspecified atom stereocenters. The molecule has 0 fully saturated rings. The monoisotopic (exact) mass is 401 g/mol. The smallest absolute Gasteiger partial charge is 0.174 e. The van der Waals surface area contributed by atoms with Crippen LogP contribution in [0.5, 0.6) is 0 Å². The molecule has 29 heavy (non-hydrogen) atoms. The van der Waals surface area contributed by atoms with Gasteiger partial charge in [0.15, 0.2) is 12.1 Å². The average molecular weight is 401 g/mol. The second-order valence-corrected chi connectivity index (χ2v) is 7.07. The fourth-order valence-corrected chi connectivity index (χ4v) is 3.40. The Labute approximate surface area is 165 Å². The lowest BCUT2D eigenvalue weighted by molar-refractivity contribution is 0.0697. The van der Waals surface area contributed by atoms with Gasteiger partial charge in [-0.25, -0.2) is 8.78 Å². The third kappa shape index (κ3) is 4.58. The molecule has 1 aliphatic rings. The summed E-state index contributed by atoms with van der Waals surface area (Å²) >= 11 is 0. The molecule has 3 atom stereocenters. The van der Waals surface area contributed by atoms with E-state index >= 15 is 0 Å². The van der Waals surface area contributed by atoms with E-state index < -0.39 is 18.5 Å². The molecule has 152 valence electrons. The molecule has 2 aromatic carbocycles. The number of nitrogens with zero attached hydrogens (tertiary/aromatic N) is 2. The number of anilines is 1. The lowest BCUT2D eigenvalue weighted by Gasteiger charge is -2.25. The molecule has 2 heterocycles. The van der Waals surface area contributed by atoms with Crippen molar-refractivity contribution in [3.8, 4) is 0 Å². The maximum Gasteiger partial charge on any atom is 0.174 e. The molecule has 0 bridgehead atoms. The second-order valence-electron chi connectivity index (χ2n) is 7.07. The molecule has 9 heteroatoms. The third-order valence-corrected chi connectivity index (χ3v) is 4.95. The number of halogens is 2. The van der Waals surface area contributed by atoms with E-state index in [0.717, 1.165) is 11.1 Å². The van der Waals surface area contributed by atoms with E-state index in [4.69, 9.17) is 0 Å². The number of H-pyrrole nitrogens is 1. The minimum absolute atomic E-state index is 0.210. The van der Waals surface area contributed by atoms with Gasteiger partial charge in [0.1, 0.15) is 23.7 Å². The van der Waals surface area contributed by atoms with Crippen molar-refractivity contribution >= 4 is 5.69 Å². The largest absolute Gasteiger partial charge is 0.372 e. The molecule has 0 saturated heterocycles. The molecule has 0 spiro atoms. The fraction of sp³-hybridized carbons (Fsp3) is 0.300. The average Bonchev–Trinajstić information content (AvgIpc) is 3.10. The van der Waals surface area contributed by atoms with Gasteiger partial charge in [-0.1, -0.05) is 18.2 Å². The van der Waals surface area contributed by atoms with Crippen molar-refractivity contribution in [2.75, 3.05) is 5.32 Å². The Bertz CT molecular complexity index is 979. The lowest BCUT2D eigenvalue weighted by Crippen LogP contribution is -2.45. The number of rotatable bonds is 5. The Morgan fingerprint density at radius 3 is 2.66 bits per heavy atom. The van der Waals surface area contributed by atoms with E-state index in [1.807, 2.05) is 0 Å². The van der Waals surface area contributed by atoms with Crippen molar-refractivity contribution in [2.45, 2.75) is 37.8 Å². The molecule has 0 amide bonds. The Morgan fingerprint density at radius 2 is 1.86 bits per heavy atom. The number of fused-ring (bicyclic) bond motifs is 1. The highest BCUT2D eigenvalue weighted by Gasteiger charge is 2.27. The summed E-state index contributed by atoms with van der Waals surface area (Å²) in [5.41, 5.74) is 2.29. The van der Waals surface area contributed by atoms with Crippen LogP contribution in [0.25, 0.3) is 0 Å². The summed E-state index contributed by atoms with van der Waals surface area (Å²) in [5, 5.41) is 34.6. The van der Waals surface area contributed by atoms with Crippen LogP contribution < -0.4 is 10.6 Å². The molecule has 1 aliphatic heterocycles. The first kappa shape index (κ1) is 19.4. The number of aromatic amines is 1. The van der Waals surface area contributed by atoms with Crippen molar-refractivity contribution in [3.63, 3.8) is 0 Å². The van der Waals surface area contributed by atoms with Gasteiger partial charge in [-0.3, -0.25) is 5.32 Å². The molecule has 4 rings (SSSR count). The Morgan fingerprint density at radius 1 is 1.10 bits per heavy atom. The number of aliphatic hydroxyl groups is 2. The first-order valence-electron chi connectivity index (χ1n) is 9.31. The highest BCUT2D eigenvalue weighted by molar-refractivity contribution is 5.53. The number of aryl methyl sites for hydroxylation is 1. The van der Waals surface area contributed by atoms with Gasteiger partial charge in [0, 0.05) is 12.1 Å². The number of benzene rings is 2. The van der Waals surface area contributed by atoms with E-state index in [1.165, 1.54) is 24.3 Å². The predicted molar refractivity (Wildman–Crippen MR) is 102 cm³/mol. The number of aliphatic hydroxyl groups excluding tert-OH is 2. The third-order valence-electron chi connectivity index (χ3n) is 4.95. The van der Waals surface area contributed by atoms with Gasteiger partial charge in [-0.05, 0) is 48.2 Å². The minimum atomic E-state index is -1.18. The normalized spacial score (nSPS) is 19.9. The Balaban J connectivity index is 1.40. The van der Waals surface area contributed by atoms with Crippen molar-refractivity contribution in [2.24, 2.45) is 0 Å². The van der Waals surface area contributed by atoms with E-state index in [9.17, 15) is 19.0 Å². The van der Waals surface area contributed by atoms with Gasteiger partial charge in [0.05, 0.1) is 6.04 Å². The van der Waals surface area contributed by atoms with Gasteiger partial charge < -0.3 is 20.5 Å². The van der Waals surface area contributed by atoms with Crippen molar-refractivity contribution in [1.82, 2.24) is 20.5 Å². The molecule has 1 aromatic heterocycles. The quantitative estimate of drug-likeness (QED) is 0.419. The number of hydrogen-bond acceptors (Lipinski definition) is 6. The van der Waals surface area contributed by atoms with E-state index in [0.29, 0.717) is 30.8 Å². The van der Waals surface area contributed by atoms with Crippen molar-refractivity contribution in [3.05, 3.63) is 76.9 Å². The molecule has 7 nitrogen and oxygen atoms in total. The van der Waals surface area contributed by atoms with E-state index in [-0.39, 0.29) is 17.5 Å². The minimum Gasteiger partial charge on any atom is -0.372 e. The standard InChI is InChI=1S/C20H21F2N5O2/c21-13-5-1-11(2-6-13)9-17-25-18(27-26-17)20(29)23-15-8-4-12-3-7-14(22)10-16(12)24-19(15)28/h1-3,5-7,10,15,19-20,23-24,28-29H,4,8-9H2,(H,25,26,27)/t15-,19?,20?/m0/s1. The molecule has 3 aromatic rings. The zero-order valence-corrected chi connectivity index (χ0v) is 15.4. The second kappa shape index (κ2) is 8.24. The van der Waals surface area contributed by atoms with Crippen LogP contribution in [0.4, 0.5) is 14.5 Å². The first-order chi connectivity index (χ1) is 14.0. The molecule has 0 aliphatic carbocycles. The van der Waals surface area contributed by atoms with E-state index in [1.54, 1.807) is 18.2 Å². The Kier molecular flexibility index (Phi) is 5.52. The first-order valence-corrected chi connectivity index (χ1v) is 9.31. The van der Waals surface area contributed by atoms with Crippen molar-refractivity contribution < 1.29 is 19.0 Å². The summed E-state index contributed by atoms with van der Waals surface area (Å²) in [6.45, 7) is 0. The van der Waals surface area contributed by atoms with Crippen LogP contribution in [0.15, 0.2) is 42.5 Å². The number of aromatic nitrogens is 3. The summed E-state index contributed by atoms with van der Waals surface area (Å²) in [7, 11) is 0. The lowest BCUT2D eigenvalue weighted by atomic mass is 10.1. The summed E-state index contributed by atoms with van der Waals surface area (Å²) in [5.74, 6) is 0.0364. The van der Waals surface area contributed by atoms with Crippen LogP contribution in [0.2, 0.25) is 0 Å². The van der Waals surface area contributed by atoms with Gasteiger partial charge in [0.2, 0.25) is 0 Å². The SMILES string of the molecule is OC(N[C@H]1CCc2ccc(F)cc2NC1O)c1nnc(Cc2ccc(F)cc2)[nH]1. The van der Waals surface area contributed by atoms with Crippen LogP contribution in [-0.4, -0.2) is 37.7 Å². The van der Waals surface area contributed by atoms with Gasteiger partial charge in [-0.2, -0.15) is 0 Å². The summed E-state index contributed by atoms with van der Waals surface area (Å²) in [4.78, 5) is 2.94. The van der Waals surface area contributed by atoms with Crippen molar-refractivity contribution in [1.29, 1.82) is 0 Å². The van der Waals surface area contributed by atoms with Crippen LogP contribution in [0.3, 0.4) is 0 Å². The zero-order chi connectivity index (χ0) is 20.4. The molecule has 0 radical (unpaired) electrons. The molecule has 5 N–H and O–H groups in total. The summed E-state index contributed by atoms with van der Waals surface area (Å²) in [6, 6.07) is 9.95. The Hall–Kier alpha value is -2.88. The highest BCUT2D eigenvalue weighted by Crippen LogP contribution is 2.25. The summed E-state index contributed by atoms with van der Waals surface area (Å²) in [6.07, 6.45) is -0.649. The van der Waals surface area contributed by atoms with Crippen LogP contribution in [-0.2, 0) is 12.8 Å². The van der Waals surface area contributed by atoms with Gasteiger partial charge in [-0.15, -0.1) is 10.2 Å². The van der Waals surface area contributed by atoms with Gasteiger partial charge >= 0.3 is 0 Å². The van der Waals surface area contributed by atoms with Crippen LogP contribution in [0.1, 0.15) is 35.4 Å². The maximum atomic E-state index is 13.4. The highest BCUT2D eigenvalue weighted by atomic mass is 19.1. The summed E-state index contributed by atoms with van der Waals surface area (Å²) < 4.78 is 26.4. The topological polar surface area (TPSA) is 106 Å². The van der Waals surface area contributed by atoms with Crippen LogP contribution in [0, 0.1) is 11.6 Å².